The molecule has 1 aliphatic rings. The summed E-state index contributed by atoms with van der Waals surface area (Å²) in [6.45, 7) is 9.15. The molecular weight excluding hydrogens is 646 g/mol. The maximum absolute atomic E-state index is 12.8. The summed E-state index contributed by atoms with van der Waals surface area (Å²) in [6.07, 6.45) is 2.47. The number of imidazole rings is 1. The van der Waals surface area contributed by atoms with Crippen molar-refractivity contribution >= 4 is 46.0 Å². The van der Waals surface area contributed by atoms with Gasteiger partial charge in [0.1, 0.15) is 34.5 Å². The van der Waals surface area contributed by atoms with Crippen molar-refractivity contribution < 1.29 is 38.0 Å². The Morgan fingerprint density at radius 1 is 1.02 bits per heavy atom. The Hall–Kier alpha value is -4.16. The number of thiophene rings is 1. The molecule has 5 rings (SSSR count). The fourth-order valence-electron chi connectivity index (χ4n) is 5.34. The molecule has 1 atom stereocenters. The molecule has 252 valence electrons. The second kappa shape index (κ2) is 14.3. The zero-order valence-corrected chi connectivity index (χ0v) is 29.2. The fraction of sp³-hybridized carbons (Fsp3) is 0.441. The van der Waals surface area contributed by atoms with Crippen LogP contribution in [-0.4, -0.2) is 73.1 Å². The molecule has 1 amide bonds. The monoisotopic (exact) mass is 685 g/mol. The number of amides is 1. The number of esters is 1. The first-order chi connectivity index (χ1) is 22.4. The smallest absolute Gasteiger partial charge is 0.410 e. The maximum Gasteiger partial charge on any atom is 0.410 e. The first-order valence-corrected chi connectivity index (χ1v) is 16.5. The number of hydrogen-bond acceptors (Lipinski definition) is 10. The van der Waals surface area contributed by atoms with Crippen LogP contribution < -0.4 is 18.9 Å². The highest BCUT2D eigenvalue weighted by molar-refractivity contribution is 7.16. The molecule has 2 aromatic carbocycles. The summed E-state index contributed by atoms with van der Waals surface area (Å²) in [7, 11) is 4.47. The quantitative estimate of drug-likeness (QED) is 0.155. The minimum atomic E-state index is -0.530. The number of hydrogen-bond donors (Lipinski definition) is 0. The number of carbonyl (C=O) groups is 2. The van der Waals surface area contributed by atoms with Crippen LogP contribution in [0.1, 0.15) is 61.9 Å². The third kappa shape index (κ3) is 7.70. The lowest BCUT2D eigenvalue weighted by molar-refractivity contribution is 0.0164. The molecule has 1 unspecified atom stereocenters. The summed E-state index contributed by atoms with van der Waals surface area (Å²) < 4.78 is 35.9. The van der Waals surface area contributed by atoms with Crippen LogP contribution in [0, 0.1) is 5.92 Å². The van der Waals surface area contributed by atoms with Crippen molar-refractivity contribution in [1.29, 1.82) is 0 Å². The van der Waals surface area contributed by atoms with E-state index in [1.807, 2.05) is 56.5 Å². The molecule has 0 spiro atoms. The third-order valence-corrected chi connectivity index (χ3v) is 9.32. The average molecular weight is 686 g/mol. The number of aromatic nitrogens is 2. The molecule has 3 heterocycles. The van der Waals surface area contributed by atoms with E-state index >= 15 is 0 Å². The first-order valence-electron chi connectivity index (χ1n) is 15.3. The first kappa shape index (κ1) is 34.2. The van der Waals surface area contributed by atoms with E-state index in [0.29, 0.717) is 68.7 Å². The molecule has 1 aliphatic heterocycles. The molecule has 47 heavy (non-hydrogen) atoms. The molecule has 4 aromatic rings. The number of carbonyl (C=O) groups excluding carboxylic acids is 2. The summed E-state index contributed by atoms with van der Waals surface area (Å²) in [5.41, 5.74) is 1.65. The lowest BCUT2D eigenvalue weighted by Gasteiger charge is -2.33. The summed E-state index contributed by atoms with van der Waals surface area (Å²) in [5, 5.41) is 1.13. The van der Waals surface area contributed by atoms with Crippen molar-refractivity contribution in [3.63, 3.8) is 0 Å². The Morgan fingerprint density at radius 3 is 2.38 bits per heavy atom. The Bertz CT molecular complexity index is 1740. The molecule has 0 N–H and O–H groups in total. The molecule has 0 saturated carbocycles. The zero-order valence-electron chi connectivity index (χ0n) is 27.6. The van der Waals surface area contributed by atoms with Gasteiger partial charge in [-0.2, -0.15) is 0 Å². The molecule has 13 heteroatoms. The number of benzene rings is 2. The highest BCUT2D eigenvalue weighted by atomic mass is 35.5. The lowest BCUT2D eigenvalue weighted by atomic mass is 9.98. The highest BCUT2D eigenvalue weighted by Crippen LogP contribution is 2.40. The van der Waals surface area contributed by atoms with Gasteiger partial charge in [0, 0.05) is 36.9 Å². The molecule has 2 aromatic heterocycles. The summed E-state index contributed by atoms with van der Waals surface area (Å²) in [5.74, 6) is 1.77. The van der Waals surface area contributed by atoms with Gasteiger partial charge in [-0.05, 0) is 52.5 Å². The van der Waals surface area contributed by atoms with Gasteiger partial charge in [0.05, 0.1) is 44.0 Å². The predicted octanol–water partition coefficient (Wildman–Crippen LogP) is 7.71. The molecular formula is C34H40ClN3O8S. The summed E-state index contributed by atoms with van der Waals surface area (Å²) in [6, 6.07) is 11.0. The van der Waals surface area contributed by atoms with Crippen molar-refractivity contribution in [2.24, 2.45) is 5.92 Å². The Morgan fingerprint density at radius 2 is 1.72 bits per heavy atom. The van der Waals surface area contributed by atoms with Crippen molar-refractivity contribution in [2.45, 2.75) is 52.2 Å². The van der Waals surface area contributed by atoms with Gasteiger partial charge in [-0.25, -0.2) is 14.6 Å². The second-order valence-corrected chi connectivity index (χ2v) is 13.6. The molecule has 1 saturated heterocycles. The van der Waals surface area contributed by atoms with Gasteiger partial charge in [-0.3, -0.25) is 4.57 Å². The topological polar surface area (TPSA) is 111 Å². The Labute approximate surface area is 283 Å². The van der Waals surface area contributed by atoms with Gasteiger partial charge in [0.15, 0.2) is 16.4 Å². The van der Waals surface area contributed by atoms with Gasteiger partial charge < -0.3 is 33.3 Å². The van der Waals surface area contributed by atoms with E-state index in [9.17, 15) is 9.59 Å². The summed E-state index contributed by atoms with van der Waals surface area (Å²) >= 11 is 8.07. The van der Waals surface area contributed by atoms with Crippen molar-refractivity contribution in [2.75, 3.05) is 41.0 Å². The minimum Gasteiger partial charge on any atom is -0.493 e. The number of ether oxygens (including phenoxy) is 6. The van der Waals surface area contributed by atoms with E-state index in [-0.39, 0.29) is 12.0 Å². The Balaban J connectivity index is 1.30. The van der Waals surface area contributed by atoms with Crippen LogP contribution in [0.25, 0.3) is 16.0 Å². The standard InChI is InChI=1S/C34H40ClN3O8S/c1-20(22-9-8-10-25(30(22)35)44-18-21-11-13-37(14-12-21)33(40)46-34(2,3)4)45-28-17-29(47-31(28)32(39)43-7)38-19-36-23-15-26(41-5)27(42-6)16-24(23)38/h8-10,15-17,19-21H,11-14,18H2,1-7H3. The molecule has 0 bridgehead atoms. The van der Waals surface area contributed by atoms with Gasteiger partial charge in [-0.1, -0.05) is 23.7 Å². The molecule has 0 radical (unpaired) electrons. The van der Waals surface area contributed by atoms with Crippen LogP contribution >= 0.6 is 22.9 Å². The van der Waals surface area contributed by atoms with Crippen molar-refractivity contribution in [3.05, 3.63) is 58.2 Å². The number of rotatable bonds is 10. The number of fused-ring (bicyclic) bond motifs is 1. The van der Waals surface area contributed by atoms with E-state index < -0.39 is 17.7 Å². The average Bonchev–Trinajstić information content (AvgIpc) is 3.66. The van der Waals surface area contributed by atoms with Crippen LogP contribution in [0.3, 0.4) is 0 Å². The number of likely N-dealkylation sites (tertiary alicyclic amines) is 1. The molecule has 1 fully saturated rings. The largest absolute Gasteiger partial charge is 0.493 e. The second-order valence-electron chi connectivity index (χ2n) is 12.2. The molecule has 11 nitrogen and oxygen atoms in total. The number of halogens is 1. The van der Waals surface area contributed by atoms with Crippen LogP contribution in [0.2, 0.25) is 5.02 Å². The van der Waals surface area contributed by atoms with Crippen LogP contribution in [0.5, 0.6) is 23.0 Å². The van der Waals surface area contributed by atoms with Crippen LogP contribution in [0.15, 0.2) is 42.7 Å². The van der Waals surface area contributed by atoms with Gasteiger partial charge in [-0.15, -0.1) is 11.3 Å². The SMILES string of the molecule is COC(=O)c1sc(-n2cnc3cc(OC)c(OC)cc32)cc1OC(C)c1cccc(OCC2CCN(C(=O)OC(C)(C)C)CC2)c1Cl. The Kier molecular flexibility index (Phi) is 10.4. The molecule has 0 aliphatic carbocycles. The van der Waals surface area contributed by atoms with E-state index in [2.05, 4.69) is 4.98 Å². The van der Waals surface area contributed by atoms with Crippen molar-refractivity contribution in [1.82, 2.24) is 14.5 Å². The van der Waals surface area contributed by atoms with Crippen LogP contribution in [0.4, 0.5) is 4.79 Å². The predicted molar refractivity (Wildman–Crippen MR) is 180 cm³/mol. The normalized spacial score (nSPS) is 14.5. The van der Waals surface area contributed by atoms with E-state index in [4.69, 9.17) is 40.0 Å². The van der Waals surface area contributed by atoms with Gasteiger partial charge in [0.2, 0.25) is 0 Å². The number of methoxy groups -OCH3 is 3. The summed E-state index contributed by atoms with van der Waals surface area (Å²) in [4.78, 5) is 31.8. The third-order valence-electron chi connectivity index (χ3n) is 7.82. The fourth-order valence-corrected chi connectivity index (χ4v) is 6.67. The van der Waals surface area contributed by atoms with Crippen molar-refractivity contribution in [3.8, 4) is 28.0 Å². The van der Waals surface area contributed by atoms with Crippen LogP contribution in [-0.2, 0) is 9.47 Å². The van der Waals surface area contributed by atoms with E-state index in [0.717, 1.165) is 18.4 Å². The number of nitrogens with zero attached hydrogens (tertiary/aromatic N) is 3. The maximum atomic E-state index is 12.8. The van der Waals surface area contributed by atoms with E-state index in [1.54, 1.807) is 37.6 Å². The zero-order chi connectivity index (χ0) is 33.9. The lowest BCUT2D eigenvalue weighted by Crippen LogP contribution is -2.42. The van der Waals surface area contributed by atoms with Gasteiger partial charge in [0.25, 0.3) is 0 Å². The van der Waals surface area contributed by atoms with Gasteiger partial charge >= 0.3 is 12.1 Å². The minimum absolute atomic E-state index is 0.272. The highest BCUT2D eigenvalue weighted by Gasteiger charge is 2.28. The van der Waals surface area contributed by atoms with E-state index in [1.165, 1.54) is 18.4 Å². The number of piperidine rings is 1.